The SMILES string of the molecule is Cc1cc(Br)ccc1SCC(=O)Nc1cccc(CO)c1. The summed E-state index contributed by atoms with van der Waals surface area (Å²) in [6.45, 7) is 1.99. The van der Waals surface area contributed by atoms with Gasteiger partial charge in [-0.05, 0) is 48.4 Å². The molecule has 2 N–H and O–H groups in total. The van der Waals surface area contributed by atoms with Gasteiger partial charge in [-0.25, -0.2) is 0 Å². The number of carbonyl (C=O) groups excluding carboxylic acids is 1. The third kappa shape index (κ3) is 4.88. The Labute approximate surface area is 136 Å². The first-order valence-corrected chi connectivity index (χ1v) is 8.25. The van der Waals surface area contributed by atoms with Crippen molar-refractivity contribution in [1.82, 2.24) is 0 Å². The molecule has 110 valence electrons. The topological polar surface area (TPSA) is 49.3 Å². The first-order chi connectivity index (χ1) is 10.1. The lowest BCUT2D eigenvalue weighted by molar-refractivity contribution is -0.113. The molecule has 1 amide bonds. The number of benzene rings is 2. The van der Waals surface area contributed by atoms with E-state index >= 15 is 0 Å². The van der Waals surface area contributed by atoms with E-state index in [-0.39, 0.29) is 12.5 Å². The van der Waals surface area contributed by atoms with E-state index in [9.17, 15) is 4.79 Å². The molecule has 0 saturated heterocycles. The number of aryl methyl sites for hydroxylation is 1. The lowest BCUT2D eigenvalue weighted by Crippen LogP contribution is -2.14. The van der Waals surface area contributed by atoms with E-state index in [0.717, 1.165) is 20.5 Å². The minimum Gasteiger partial charge on any atom is -0.392 e. The maximum absolute atomic E-state index is 12.0. The molecule has 0 radical (unpaired) electrons. The molecule has 0 atom stereocenters. The number of hydrogen-bond acceptors (Lipinski definition) is 3. The van der Waals surface area contributed by atoms with Crippen LogP contribution in [0.25, 0.3) is 0 Å². The average Bonchev–Trinajstić information content (AvgIpc) is 2.46. The fourth-order valence-electron chi connectivity index (χ4n) is 1.86. The number of aliphatic hydroxyl groups excluding tert-OH is 1. The molecule has 3 nitrogen and oxygen atoms in total. The zero-order valence-corrected chi connectivity index (χ0v) is 14.0. The first kappa shape index (κ1) is 16.1. The predicted molar refractivity (Wildman–Crippen MR) is 90.6 cm³/mol. The molecule has 0 aliphatic rings. The van der Waals surface area contributed by atoms with Crippen LogP contribution in [0.4, 0.5) is 5.69 Å². The second-order valence-corrected chi connectivity index (χ2v) is 6.54. The molecule has 0 aliphatic carbocycles. The summed E-state index contributed by atoms with van der Waals surface area (Å²) >= 11 is 4.94. The maximum atomic E-state index is 12.0. The van der Waals surface area contributed by atoms with Crippen LogP contribution in [0.5, 0.6) is 0 Å². The third-order valence-electron chi connectivity index (χ3n) is 2.89. The molecule has 0 saturated carbocycles. The van der Waals surface area contributed by atoms with Gasteiger partial charge in [-0.1, -0.05) is 28.1 Å². The van der Waals surface area contributed by atoms with Crippen LogP contribution in [-0.2, 0) is 11.4 Å². The van der Waals surface area contributed by atoms with E-state index in [1.807, 2.05) is 43.3 Å². The van der Waals surface area contributed by atoms with Crippen molar-refractivity contribution in [1.29, 1.82) is 0 Å². The van der Waals surface area contributed by atoms with Crippen molar-refractivity contribution in [2.24, 2.45) is 0 Å². The van der Waals surface area contributed by atoms with E-state index in [0.29, 0.717) is 11.4 Å². The van der Waals surface area contributed by atoms with E-state index in [1.54, 1.807) is 6.07 Å². The van der Waals surface area contributed by atoms with Gasteiger partial charge in [-0.3, -0.25) is 4.79 Å². The van der Waals surface area contributed by atoms with Crippen LogP contribution < -0.4 is 5.32 Å². The van der Waals surface area contributed by atoms with Crippen LogP contribution in [0, 0.1) is 6.92 Å². The average molecular weight is 366 g/mol. The Bertz CT molecular complexity index is 646. The van der Waals surface area contributed by atoms with Gasteiger partial charge in [-0.2, -0.15) is 0 Å². The third-order valence-corrected chi connectivity index (χ3v) is 4.56. The lowest BCUT2D eigenvalue weighted by Gasteiger charge is -2.08. The van der Waals surface area contributed by atoms with Crippen LogP contribution in [0.3, 0.4) is 0 Å². The summed E-state index contributed by atoms with van der Waals surface area (Å²) in [6, 6.07) is 13.2. The standard InChI is InChI=1S/C16H16BrNO2S/c1-11-7-13(17)5-6-15(11)21-10-16(20)18-14-4-2-3-12(8-14)9-19/h2-8,19H,9-10H2,1H3,(H,18,20). The number of halogens is 1. The van der Waals surface area contributed by atoms with Crippen molar-refractivity contribution in [3.63, 3.8) is 0 Å². The molecule has 0 unspecified atom stereocenters. The Balaban J connectivity index is 1.92. The Morgan fingerprint density at radius 3 is 2.81 bits per heavy atom. The normalized spacial score (nSPS) is 10.4. The summed E-state index contributed by atoms with van der Waals surface area (Å²) in [4.78, 5) is 13.1. The molecule has 0 spiro atoms. The zero-order chi connectivity index (χ0) is 15.2. The highest BCUT2D eigenvalue weighted by Gasteiger charge is 2.06. The smallest absolute Gasteiger partial charge is 0.234 e. The monoisotopic (exact) mass is 365 g/mol. The van der Waals surface area contributed by atoms with Crippen LogP contribution in [-0.4, -0.2) is 16.8 Å². The van der Waals surface area contributed by atoms with E-state index < -0.39 is 0 Å². The molecule has 0 heterocycles. The van der Waals surface area contributed by atoms with Gasteiger partial charge in [-0.15, -0.1) is 11.8 Å². The van der Waals surface area contributed by atoms with Gasteiger partial charge < -0.3 is 10.4 Å². The van der Waals surface area contributed by atoms with Crippen molar-refractivity contribution >= 4 is 39.3 Å². The molecular formula is C16H16BrNO2S. The molecule has 5 heteroatoms. The van der Waals surface area contributed by atoms with Crippen molar-refractivity contribution < 1.29 is 9.90 Å². The van der Waals surface area contributed by atoms with Crippen LogP contribution in [0.2, 0.25) is 0 Å². The van der Waals surface area contributed by atoms with Gasteiger partial charge in [0.25, 0.3) is 0 Å². The minimum absolute atomic E-state index is 0.0312. The Kier molecular flexibility index (Phi) is 5.85. The van der Waals surface area contributed by atoms with Crippen LogP contribution >= 0.6 is 27.7 Å². The molecule has 0 aromatic heterocycles. The second kappa shape index (κ2) is 7.64. The number of rotatable bonds is 5. The van der Waals surface area contributed by atoms with E-state index in [2.05, 4.69) is 21.2 Å². The van der Waals surface area contributed by atoms with E-state index in [4.69, 9.17) is 5.11 Å². The highest BCUT2D eigenvalue weighted by molar-refractivity contribution is 9.10. The number of nitrogens with one attached hydrogen (secondary N) is 1. The molecule has 0 bridgehead atoms. The summed E-state index contributed by atoms with van der Waals surface area (Å²) < 4.78 is 1.04. The molecule has 2 aromatic rings. The lowest BCUT2D eigenvalue weighted by atomic mass is 10.2. The number of anilines is 1. The molecule has 21 heavy (non-hydrogen) atoms. The van der Waals surface area contributed by atoms with Gasteiger partial charge in [0.2, 0.25) is 5.91 Å². The number of aliphatic hydroxyl groups is 1. The van der Waals surface area contributed by atoms with Crippen molar-refractivity contribution in [3.05, 3.63) is 58.1 Å². The van der Waals surface area contributed by atoms with Crippen LogP contribution in [0.15, 0.2) is 51.8 Å². The Morgan fingerprint density at radius 2 is 2.10 bits per heavy atom. The predicted octanol–water partition coefficient (Wildman–Crippen LogP) is 3.98. The Hall–Kier alpha value is -1.30. The maximum Gasteiger partial charge on any atom is 0.234 e. The number of carbonyl (C=O) groups is 1. The summed E-state index contributed by atoms with van der Waals surface area (Å²) in [6.07, 6.45) is 0. The van der Waals surface area contributed by atoms with Gasteiger partial charge in [0, 0.05) is 15.1 Å². The highest BCUT2D eigenvalue weighted by Crippen LogP contribution is 2.25. The molecule has 2 rings (SSSR count). The zero-order valence-electron chi connectivity index (χ0n) is 11.6. The summed E-state index contributed by atoms with van der Waals surface area (Å²) in [5.74, 6) is 0.295. The van der Waals surface area contributed by atoms with Crippen molar-refractivity contribution in [2.75, 3.05) is 11.1 Å². The fraction of sp³-hybridized carbons (Fsp3) is 0.188. The second-order valence-electron chi connectivity index (χ2n) is 4.61. The fourth-order valence-corrected chi connectivity index (χ4v) is 3.15. The number of amides is 1. The molecular weight excluding hydrogens is 350 g/mol. The quantitative estimate of drug-likeness (QED) is 0.787. The molecule has 2 aromatic carbocycles. The van der Waals surface area contributed by atoms with Crippen molar-refractivity contribution in [2.45, 2.75) is 18.4 Å². The number of thioether (sulfide) groups is 1. The van der Waals surface area contributed by atoms with E-state index in [1.165, 1.54) is 11.8 Å². The van der Waals surface area contributed by atoms with Crippen LogP contribution in [0.1, 0.15) is 11.1 Å². The molecule has 0 aliphatic heterocycles. The van der Waals surface area contributed by atoms with Gasteiger partial charge in [0.1, 0.15) is 0 Å². The summed E-state index contributed by atoms with van der Waals surface area (Å²) in [5, 5.41) is 11.9. The van der Waals surface area contributed by atoms with Crippen molar-refractivity contribution in [3.8, 4) is 0 Å². The first-order valence-electron chi connectivity index (χ1n) is 6.47. The van der Waals surface area contributed by atoms with Gasteiger partial charge in [0.15, 0.2) is 0 Å². The summed E-state index contributed by atoms with van der Waals surface area (Å²) in [7, 11) is 0. The van der Waals surface area contributed by atoms with Gasteiger partial charge in [0.05, 0.1) is 12.4 Å². The van der Waals surface area contributed by atoms with Gasteiger partial charge >= 0.3 is 0 Å². The minimum atomic E-state index is -0.0580. The Morgan fingerprint density at radius 1 is 1.29 bits per heavy atom. The highest BCUT2D eigenvalue weighted by atomic mass is 79.9. The molecule has 0 fully saturated rings. The largest absolute Gasteiger partial charge is 0.392 e. The number of hydrogen-bond donors (Lipinski definition) is 2. The summed E-state index contributed by atoms with van der Waals surface area (Å²) in [5.41, 5.74) is 2.63.